The molecule has 1 fully saturated rings. The van der Waals surface area contributed by atoms with Gasteiger partial charge in [-0.15, -0.1) is 10.2 Å². The summed E-state index contributed by atoms with van der Waals surface area (Å²) in [6.45, 7) is 5.72. The minimum absolute atomic E-state index is 0.243. The van der Waals surface area contributed by atoms with Crippen molar-refractivity contribution in [1.29, 1.82) is 0 Å². The molecule has 0 aromatic carbocycles. The standard InChI is InChI=1S/C18H34N6O/c1-4-7-15(10-11-25)12-19-18(21-16-8-5-6-9-16)20-13-17-23-22-14(2)24(17)3/h15-16,25H,4-13H2,1-3H3,(H2,19,20,21). The number of nitrogens with zero attached hydrogens (tertiary/aromatic N) is 4. The molecular formula is C18H34N6O. The van der Waals surface area contributed by atoms with Gasteiger partial charge in [-0.05, 0) is 38.5 Å². The zero-order valence-corrected chi connectivity index (χ0v) is 16.0. The second-order valence-electron chi connectivity index (χ2n) is 7.06. The lowest BCUT2D eigenvalue weighted by Gasteiger charge is -2.21. The summed E-state index contributed by atoms with van der Waals surface area (Å²) in [6.07, 6.45) is 8.07. The van der Waals surface area contributed by atoms with Crippen molar-refractivity contribution in [3.8, 4) is 0 Å². The van der Waals surface area contributed by atoms with Gasteiger partial charge >= 0.3 is 0 Å². The Kier molecular flexibility index (Phi) is 8.18. The van der Waals surface area contributed by atoms with E-state index >= 15 is 0 Å². The topological polar surface area (TPSA) is 87.4 Å². The van der Waals surface area contributed by atoms with Crippen molar-refractivity contribution in [1.82, 2.24) is 25.4 Å². The minimum atomic E-state index is 0.243. The normalized spacial score (nSPS) is 17.0. The predicted octanol–water partition coefficient (Wildman–Crippen LogP) is 1.90. The number of aliphatic imine (C=N–C) groups is 1. The number of aryl methyl sites for hydroxylation is 1. The van der Waals surface area contributed by atoms with Crippen LogP contribution in [0.25, 0.3) is 0 Å². The number of nitrogens with one attached hydrogen (secondary N) is 2. The first-order valence-electron chi connectivity index (χ1n) is 9.64. The molecule has 1 aliphatic rings. The maximum atomic E-state index is 9.25. The monoisotopic (exact) mass is 350 g/mol. The van der Waals surface area contributed by atoms with E-state index in [0.29, 0.717) is 18.5 Å². The first-order valence-corrected chi connectivity index (χ1v) is 9.64. The van der Waals surface area contributed by atoms with Crippen LogP contribution in [0.3, 0.4) is 0 Å². The largest absolute Gasteiger partial charge is 0.396 e. The van der Waals surface area contributed by atoms with Crippen molar-refractivity contribution < 1.29 is 5.11 Å². The molecule has 1 atom stereocenters. The summed E-state index contributed by atoms with van der Waals surface area (Å²) in [6, 6.07) is 0.509. The number of aliphatic hydroxyl groups excluding tert-OH is 1. The lowest BCUT2D eigenvalue weighted by molar-refractivity contribution is 0.251. The van der Waals surface area contributed by atoms with Crippen LogP contribution in [0.15, 0.2) is 4.99 Å². The highest BCUT2D eigenvalue weighted by molar-refractivity contribution is 5.80. The van der Waals surface area contributed by atoms with Crippen LogP contribution in [0, 0.1) is 12.8 Å². The van der Waals surface area contributed by atoms with E-state index in [1.807, 2.05) is 18.5 Å². The van der Waals surface area contributed by atoms with Crippen LogP contribution in [0.5, 0.6) is 0 Å². The van der Waals surface area contributed by atoms with E-state index in [9.17, 15) is 5.11 Å². The van der Waals surface area contributed by atoms with Gasteiger partial charge in [-0.1, -0.05) is 26.2 Å². The van der Waals surface area contributed by atoms with Gasteiger partial charge in [0.25, 0.3) is 0 Å². The van der Waals surface area contributed by atoms with Gasteiger partial charge in [0.05, 0.1) is 0 Å². The fourth-order valence-electron chi connectivity index (χ4n) is 3.33. The summed E-state index contributed by atoms with van der Waals surface area (Å²) in [5.74, 6) is 3.09. The van der Waals surface area contributed by atoms with Crippen molar-refractivity contribution in [3.63, 3.8) is 0 Å². The molecule has 7 nitrogen and oxygen atoms in total. The van der Waals surface area contributed by atoms with E-state index in [1.165, 1.54) is 25.7 Å². The molecule has 0 radical (unpaired) electrons. The van der Waals surface area contributed by atoms with Gasteiger partial charge in [-0.3, -0.25) is 0 Å². The molecule has 1 saturated carbocycles. The Balaban J connectivity index is 1.98. The van der Waals surface area contributed by atoms with Crippen molar-refractivity contribution in [2.24, 2.45) is 18.0 Å². The minimum Gasteiger partial charge on any atom is -0.396 e. The van der Waals surface area contributed by atoms with Crippen LogP contribution >= 0.6 is 0 Å². The molecule has 3 N–H and O–H groups in total. The van der Waals surface area contributed by atoms with Crippen molar-refractivity contribution >= 4 is 5.96 Å². The van der Waals surface area contributed by atoms with Gasteiger partial charge in [-0.2, -0.15) is 0 Å². The summed E-state index contributed by atoms with van der Waals surface area (Å²) in [4.78, 5) is 4.73. The van der Waals surface area contributed by atoms with Crippen molar-refractivity contribution in [3.05, 3.63) is 11.6 Å². The Hall–Kier alpha value is -1.63. The van der Waals surface area contributed by atoms with E-state index in [4.69, 9.17) is 4.99 Å². The molecular weight excluding hydrogens is 316 g/mol. The van der Waals surface area contributed by atoms with Crippen LogP contribution in [-0.4, -0.2) is 45.0 Å². The predicted molar refractivity (Wildman–Crippen MR) is 100 cm³/mol. The molecule has 0 bridgehead atoms. The summed E-state index contributed by atoms with van der Waals surface area (Å²) < 4.78 is 1.97. The fraction of sp³-hybridized carbons (Fsp3) is 0.833. The molecule has 1 heterocycles. The zero-order chi connectivity index (χ0) is 18.1. The molecule has 0 spiro atoms. The Labute approximate surface area is 151 Å². The number of hydrogen-bond donors (Lipinski definition) is 3. The second kappa shape index (κ2) is 10.4. The smallest absolute Gasteiger partial charge is 0.191 e. The van der Waals surface area contributed by atoms with Crippen LogP contribution in [0.4, 0.5) is 0 Å². The third-order valence-corrected chi connectivity index (χ3v) is 5.05. The zero-order valence-electron chi connectivity index (χ0n) is 16.0. The molecule has 0 aliphatic heterocycles. The third-order valence-electron chi connectivity index (χ3n) is 5.05. The number of rotatable bonds is 9. The second-order valence-corrected chi connectivity index (χ2v) is 7.06. The van der Waals surface area contributed by atoms with Crippen LogP contribution in [0.2, 0.25) is 0 Å². The van der Waals surface area contributed by atoms with Crippen LogP contribution < -0.4 is 10.6 Å². The van der Waals surface area contributed by atoms with Gasteiger partial charge in [-0.25, -0.2) is 4.99 Å². The molecule has 0 amide bonds. The Morgan fingerprint density at radius 1 is 1.32 bits per heavy atom. The molecule has 1 aliphatic carbocycles. The highest BCUT2D eigenvalue weighted by Crippen LogP contribution is 2.17. The van der Waals surface area contributed by atoms with Gasteiger partial charge in [0.2, 0.25) is 0 Å². The Bertz CT molecular complexity index is 530. The fourth-order valence-corrected chi connectivity index (χ4v) is 3.33. The molecule has 0 saturated heterocycles. The molecule has 1 aromatic heterocycles. The van der Waals surface area contributed by atoms with E-state index < -0.39 is 0 Å². The van der Waals surface area contributed by atoms with Crippen LogP contribution in [0.1, 0.15) is 63.5 Å². The molecule has 7 heteroatoms. The van der Waals surface area contributed by atoms with Crippen molar-refractivity contribution in [2.45, 2.75) is 71.4 Å². The van der Waals surface area contributed by atoms with Crippen molar-refractivity contribution in [2.75, 3.05) is 13.2 Å². The summed E-state index contributed by atoms with van der Waals surface area (Å²) in [5.41, 5.74) is 0. The molecule has 25 heavy (non-hydrogen) atoms. The molecule has 1 unspecified atom stereocenters. The third kappa shape index (κ3) is 6.30. The maximum Gasteiger partial charge on any atom is 0.191 e. The SMILES string of the molecule is CCCC(CCO)CNC(=NCc1nnc(C)n1C)NC1CCCC1. The highest BCUT2D eigenvalue weighted by atomic mass is 16.3. The average Bonchev–Trinajstić information content (AvgIpc) is 3.22. The summed E-state index contributed by atoms with van der Waals surface area (Å²) in [7, 11) is 1.97. The highest BCUT2D eigenvalue weighted by Gasteiger charge is 2.17. The number of hydrogen-bond acceptors (Lipinski definition) is 4. The van der Waals surface area contributed by atoms with Crippen LogP contribution in [-0.2, 0) is 13.6 Å². The quantitative estimate of drug-likeness (QED) is 0.468. The summed E-state index contributed by atoms with van der Waals surface area (Å²) >= 11 is 0. The lowest BCUT2D eigenvalue weighted by Crippen LogP contribution is -2.44. The summed E-state index contributed by atoms with van der Waals surface area (Å²) in [5, 5.41) is 24.6. The number of guanidine groups is 1. The van der Waals surface area contributed by atoms with E-state index in [-0.39, 0.29) is 6.61 Å². The molecule has 142 valence electrons. The van der Waals surface area contributed by atoms with Gasteiger partial charge in [0.15, 0.2) is 11.8 Å². The number of aromatic nitrogens is 3. The Morgan fingerprint density at radius 3 is 2.68 bits per heavy atom. The van der Waals surface area contributed by atoms with Gasteiger partial charge in [0.1, 0.15) is 12.4 Å². The average molecular weight is 351 g/mol. The Morgan fingerprint density at radius 2 is 2.08 bits per heavy atom. The first-order chi connectivity index (χ1) is 12.1. The van der Waals surface area contributed by atoms with E-state index in [2.05, 4.69) is 27.8 Å². The van der Waals surface area contributed by atoms with E-state index in [1.54, 1.807) is 0 Å². The molecule has 2 rings (SSSR count). The van der Waals surface area contributed by atoms with Gasteiger partial charge < -0.3 is 20.3 Å². The molecule has 1 aromatic rings. The van der Waals surface area contributed by atoms with Gasteiger partial charge in [0, 0.05) is 26.2 Å². The number of aliphatic hydroxyl groups is 1. The first kappa shape index (κ1) is 19.7. The maximum absolute atomic E-state index is 9.25. The van der Waals surface area contributed by atoms with E-state index in [0.717, 1.165) is 43.4 Å². The lowest BCUT2D eigenvalue weighted by atomic mass is 10.0.